The fraction of sp³-hybridized carbons (Fsp3) is 0.389. The zero-order valence-electron chi connectivity index (χ0n) is 15.4. The molecule has 0 fully saturated rings. The van der Waals surface area contributed by atoms with Crippen LogP contribution in [0.5, 0.6) is 17.2 Å². The minimum absolute atomic E-state index is 0.0913. The number of benzene rings is 1. The van der Waals surface area contributed by atoms with Crippen LogP contribution in [0.1, 0.15) is 37.0 Å². The van der Waals surface area contributed by atoms with Gasteiger partial charge in [0.2, 0.25) is 0 Å². The molecule has 0 N–H and O–H groups in total. The third kappa shape index (κ3) is 4.75. The summed E-state index contributed by atoms with van der Waals surface area (Å²) in [5.74, 6) is 1.99. The van der Waals surface area contributed by atoms with Gasteiger partial charge in [0.25, 0.3) is 5.89 Å². The molecule has 0 bridgehead atoms. The normalized spacial score (nSPS) is 11.0. The monoisotopic (exact) mass is 362 g/mol. The average molecular weight is 362 g/mol. The van der Waals surface area contributed by atoms with Crippen LogP contribution in [0.3, 0.4) is 0 Å². The number of hydrogen-bond donors (Lipinski definition) is 0. The first-order valence-electron chi connectivity index (χ1n) is 7.95. The zero-order valence-corrected chi connectivity index (χ0v) is 15.4. The first-order valence-corrected chi connectivity index (χ1v) is 7.95. The van der Waals surface area contributed by atoms with Crippen molar-refractivity contribution in [2.75, 3.05) is 21.3 Å². The van der Waals surface area contributed by atoms with E-state index in [1.165, 1.54) is 27.4 Å². The summed E-state index contributed by atoms with van der Waals surface area (Å²) in [4.78, 5) is 16.1. The lowest BCUT2D eigenvalue weighted by Crippen LogP contribution is -2.01. The third-order valence-corrected chi connectivity index (χ3v) is 3.47. The molecule has 0 atom stereocenters. The third-order valence-electron chi connectivity index (χ3n) is 3.47. The number of methoxy groups -OCH3 is 3. The maximum atomic E-state index is 11.9. The van der Waals surface area contributed by atoms with Gasteiger partial charge >= 0.3 is 5.97 Å². The molecule has 2 rings (SSSR count). The molecule has 0 aliphatic carbocycles. The van der Waals surface area contributed by atoms with Crippen molar-refractivity contribution in [2.45, 2.75) is 26.4 Å². The van der Waals surface area contributed by atoms with Crippen LogP contribution < -0.4 is 14.2 Å². The summed E-state index contributed by atoms with van der Waals surface area (Å²) in [7, 11) is 4.59. The van der Waals surface area contributed by atoms with Crippen LogP contribution in [0.4, 0.5) is 0 Å². The van der Waals surface area contributed by atoms with Gasteiger partial charge in [0.15, 0.2) is 23.9 Å². The predicted octanol–water partition coefficient (Wildman–Crippen LogP) is 2.98. The van der Waals surface area contributed by atoms with Crippen LogP contribution in [0.15, 0.2) is 22.7 Å². The number of ether oxygens (including phenoxy) is 4. The van der Waals surface area contributed by atoms with E-state index in [0.29, 0.717) is 28.6 Å². The Kier molecular flexibility index (Phi) is 6.60. The van der Waals surface area contributed by atoms with Crippen molar-refractivity contribution in [3.05, 3.63) is 35.5 Å². The maximum absolute atomic E-state index is 11.9. The molecule has 1 heterocycles. The standard InChI is InChI=1S/C18H22N2O6/c1-11(2)18-19-16(26-20-18)10-25-17(21)7-6-12-8-14(23-4)15(24-5)9-13(12)22-3/h6-9,11H,10H2,1-5H3/b7-6+. The first kappa shape index (κ1) is 19.3. The Bertz CT molecular complexity index is 782. The van der Waals surface area contributed by atoms with Gasteiger partial charge in [-0.1, -0.05) is 19.0 Å². The van der Waals surface area contributed by atoms with Gasteiger partial charge in [-0.2, -0.15) is 4.98 Å². The number of carbonyl (C=O) groups excluding carboxylic acids is 1. The van der Waals surface area contributed by atoms with Crippen molar-refractivity contribution in [1.82, 2.24) is 10.1 Å². The molecule has 0 aliphatic rings. The number of rotatable bonds is 8. The van der Waals surface area contributed by atoms with Crippen LogP contribution in [-0.4, -0.2) is 37.4 Å². The molecule has 0 spiro atoms. The van der Waals surface area contributed by atoms with E-state index in [-0.39, 0.29) is 18.4 Å². The fourth-order valence-corrected chi connectivity index (χ4v) is 2.08. The summed E-state index contributed by atoms with van der Waals surface area (Å²) >= 11 is 0. The van der Waals surface area contributed by atoms with E-state index >= 15 is 0 Å². The van der Waals surface area contributed by atoms with Gasteiger partial charge in [-0.25, -0.2) is 4.79 Å². The SMILES string of the molecule is COc1cc(OC)c(OC)cc1/C=C/C(=O)OCc1nc(C(C)C)no1. The van der Waals surface area contributed by atoms with E-state index in [1.807, 2.05) is 13.8 Å². The smallest absolute Gasteiger partial charge is 0.331 e. The minimum Gasteiger partial charge on any atom is -0.496 e. The topological polar surface area (TPSA) is 92.9 Å². The van der Waals surface area contributed by atoms with E-state index in [4.69, 9.17) is 23.5 Å². The first-order chi connectivity index (χ1) is 12.5. The van der Waals surface area contributed by atoms with Gasteiger partial charge in [0.1, 0.15) is 5.75 Å². The Labute approximate surface area is 151 Å². The minimum atomic E-state index is -0.550. The van der Waals surface area contributed by atoms with E-state index in [2.05, 4.69) is 10.1 Å². The average Bonchev–Trinajstić information content (AvgIpc) is 3.13. The second-order valence-corrected chi connectivity index (χ2v) is 5.59. The number of hydrogen-bond acceptors (Lipinski definition) is 8. The Morgan fingerprint density at radius 3 is 2.35 bits per heavy atom. The highest BCUT2D eigenvalue weighted by molar-refractivity contribution is 5.87. The predicted molar refractivity (Wildman–Crippen MR) is 93.3 cm³/mol. The van der Waals surface area contributed by atoms with Crippen LogP contribution in [0, 0.1) is 0 Å². The van der Waals surface area contributed by atoms with Crippen molar-refractivity contribution in [3.8, 4) is 17.2 Å². The summed E-state index contributed by atoms with van der Waals surface area (Å²) < 4.78 is 25.9. The largest absolute Gasteiger partial charge is 0.496 e. The highest BCUT2D eigenvalue weighted by Gasteiger charge is 2.12. The molecule has 140 valence electrons. The van der Waals surface area contributed by atoms with Gasteiger partial charge in [-0.15, -0.1) is 0 Å². The van der Waals surface area contributed by atoms with Crippen molar-refractivity contribution in [3.63, 3.8) is 0 Å². The number of aromatic nitrogens is 2. The van der Waals surface area contributed by atoms with Gasteiger partial charge < -0.3 is 23.5 Å². The molecule has 0 amide bonds. The quantitative estimate of drug-likeness (QED) is 0.523. The molecule has 0 unspecified atom stereocenters. The molecule has 0 radical (unpaired) electrons. The van der Waals surface area contributed by atoms with E-state index in [1.54, 1.807) is 18.2 Å². The second kappa shape index (κ2) is 8.89. The molecule has 26 heavy (non-hydrogen) atoms. The fourth-order valence-electron chi connectivity index (χ4n) is 2.08. The molecule has 1 aromatic carbocycles. The van der Waals surface area contributed by atoms with Gasteiger partial charge in [-0.05, 0) is 12.1 Å². The van der Waals surface area contributed by atoms with Gasteiger partial charge in [0, 0.05) is 23.6 Å². The molecular formula is C18H22N2O6. The van der Waals surface area contributed by atoms with Crippen molar-refractivity contribution in [2.24, 2.45) is 0 Å². The second-order valence-electron chi connectivity index (χ2n) is 5.59. The number of carbonyl (C=O) groups is 1. The van der Waals surface area contributed by atoms with E-state index in [9.17, 15) is 4.79 Å². The van der Waals surface area contributed by atoms with Gasteiger partial charge in [0.05, 0.1) is 21.3 Å². The molecular weight excluding hydrogens is 340 g/mol. The Morgan fingerprint density at radius 2 is 1.77 bits per heavy atom. The highest BCUT2D eigenvalue weighted by atomic mass is 16.6. The number of esters is 1. The maximum Gasteiger partial charge on any atom is 0.331 e. The Hall–Kier alpha value is -3.03. The Morgan fingerprint density at radius 1 is 1.12 bits per heavy atom. The van der Waals surface area contributed by atoms with Crippen molar-refractivity contribution >= 4 is 12.0 Å². The molecule has 2 aromatic rings. The summed E-state index contributed by atoms with van der Waals surface area (Å²) in [6.07, 6.45) is 2.85. The molecule has 0 saturated carbocycles. The van der Waals surface area contributed by atoms with Crippen LogP contribution in [-0.2, 0) is 16.1 Å². The molecule has 0 aliphatic heterocycles. The molecule has 0 saturated heterocycles. The van der Waals surface area contributed by atoms with Crippen LogP contribution in [0.2, 0.25) is 0 Å². The lowest BCUT2D eigenvalue weighted by atomic mass is 10.1. The summed E-state index contributed by atoms with van der Waals surface area (Å²) in [5, 5.41) is 3.81. The lowest BCUT2D eigenvalue weighted by Gasteiger charge is -2.12. The lowest BCUT2D eigenvalue weighted by molar-refractivity contribution is -0.139. The molecule has 8 heteroatoms. The highest BCUT2D eigenvalue weighted by Crippen LogP contribution is 2.35. The van der Waals surface area contributed by atoms with Crippen LogP contribution >= 0.6 is 0 Å². The summed E-state index contributed by atoms with van der Waals surface area (Å²) in [5.41, 5.74) is 0.641. The zero-order chi connectivity index (χ0) is 19.1. The summed E-state index contributed by atoms with van der Waals surface area (Å²) in [6, 6.07) is 3.38. The molecule has 1 aromatic heterocycles. The Balaban J connectivity index is 2.04. The molecule has 8 nitrogen and oxygen atoms in total. The van der Waals surface area contributed by atoms with Crippen molar-refractivity contribution < 1.29 is 28.3 Å². The van der Waals surface area contributed by atoms with Crippen molar-refractivity contribution in [1.29, 1.82) is 0 Å². The number of nitrogens with zero attached hydrogens (tertiary/aromatic N) is 2. The van der Waals surface area contributed by atoms with E-state index in [0.717, 1.165) is 0 Å². The van der Waals surface area contributed by atoms with Gasteiger partial charge in [-0.3, -0.25) is 0 Å². The van der Waals surface area contributed by atoms with Crippen LogP contribution in [0.25, 0.3) is 6.08 Å². The van der Waals surface area contributed by atoms with E-state index < -0.39 is 5.97 Å². The summed E-state index contributed by atoms with van der Waals surface area (Å²) in [6.45, 7) is 3.80.